The van der Waals surface area contributed by atoms with Gasteiger partial charge in [0.15, 0.2) is 11.5 Å². The van der Waals surface area contributed by atoms with Crippen molar-refractivity contribution in [2.75, 3.05) is 19.6 Å². The highest BCUT2D eigenvalue weighted by Gasteiger charge is 2.22. The lowest BCUT2D eigenvalue weighted by molar-refractivity contribution is -0.806. The number of phenolic OH excluding ortho intramolecular Hbond substituents is 1. The van der Waals surface area contributed by atoms with Crippen molar-refractivity contribution in [1.29, 1.82) is 0 Å². The minimum absolute atomic E-state index is 0.176. The molecular weight excluding hydrogens is 352 g/mol. The van der Waals surface area contributed by atoms with E-state index in [0.29, 0.717) is 39.0 Å². The van der Waals surface area contributed by atoms with Crippen molar-refractivity contribution in [3.63, 3.8) is 0 Å². The Kier molecular flexibility index (Phi) is 5.11. The fourth-order valence-electron chi connectivity index (χ4n) is 2.44. The summed E-state index contributed by atoms with van der Waals surface area (Å²) in [7, 11) is 3.04. The lowest BCUT2D eigenvalue weighted by Crippen LogP contribution is -2.25. The van der Waals surface area contributed by atoms with Crippen LogP contribution in [0, 0.1) is 12.1 Å². The van der Waals surface area contributed by atoms with Crippen LogP contribution in [-0.4, -0.2) is 30.7 Å². The van der Waals surface area contributed by atoms with Crippen LogP contribution in [0.4, 0.5) is 5.69 Å². The highest BCUT2D eigenvalue weighted by molar-refractivity contribution is 5.83. The summed E-state index contributed by atoms with van der Waals surface area (Å²) in [6.45, 7) is 1.60. The molecule has 3 aromatic rings. The number of aromatic nitrogens is 2. The lowest BCUT2D eigenvalue weighted by atomic mass is 10.1. The molecule has 0 atom stereocenters. The molecule has 0 unspecified atom stereocenters. The van der Waals surface area contributed by atoms with Gasteiger partial charge in [0.1, 0.15) is 5.75 Å². The van der Waals surface area contributed by atoms with Crippen molar-refractivity contribution in [2.45, 2.75) is 6.92 Å². The Morgan fingerprint density at radius 2 is 1.85 bits per heavy atom. The molecule has 1 aromatic heterocycles. The number of anilines is 1. The topological polar surface area (TPSA) is 116 Å². The van der Waals surface area contributed by atoms with E-state index in [9.17, 15) is 10.3 Å². The number of rotatable bonds is 6. The van der Waals surface area contributed by atoms with E-state index in [2.05, 4.69) is 20.3 Å². The highest BCUT2D eigenvalue weighted by Crippen LogP contribution is 2.38. The summed E-state index contributed by atoms with van der Waals surface area (Å²) in [6, 6.07) is 9.94. The molecule has 2 aromatic carbocycles. The Labute approximate surface area is 155 Å². The van der Waals surface area contributed by atoms with Gasteiger partial charge in [-0.15, -0.1) is 0 Å². The minimum Gasteiger partial charge on any atom is -0.508 e. The molecule has 0 saturated carbocycles. The zero-order chi connectivity index (χ0) is 19.4. The van der Waals surface area contributed by atoms with E-state index in [4.69, 9.17) is 9.47 Å². The molecule has 0 aliphatic heterocycles. The van der Waals surface area contributed by atoms with E-state index in [1.165, 1.54) is 14.2 Å². The second-order valence-corrected chi connectivity index (χ2v) is 5.58. The van der Waals surface area contributed by atoms with Gasteiger partial charge >= 0.3 is 0 Å². The predicted octanol–water partition coefficient (Wildman–Crippen LogP) is 2.45. The molecule has 0 radical (unpaired) electrons. The number of ether oxygens (including phenoxy) is 2. The van der Waals surface area contributed by atoms with Crippen molar-refractivity contribution in [2.24, 2.45) is 5.10 Å². The third kappa shape index (κ3) is 3.76. The normalized spacial score (nSPS) is 10.9. The van der Waals surface area contributed by atoms with E-state index in [1.54, 1.807) is 49.5 Å². The van der Waals surface area contributed by atoms with Crippen molar-refractivity contribution < 1.29 is 24.1 Å². The zero-order valence-electron chi connectivity index (χ0n) is 15.0. The summed E-state index contributed by atoms with van der Waals surface area (Å²) in [5, 5.41) is 28.9. The molecule has 0 aliphatic carbocycles. The van der Waals surface area contributed by atoms with Crippen LogP contribution in [0.25, 0.3) is 11.3 Å². The molecule has 1 heterocycles. The first kappa shape index (κ1) is 18.1. The average Bonchev–Trinajstić information content (AvgIpc) is 3.01. The largest absolute Gasteiger partial charge is 0.508 e. The van der Waals surface area contributed by atoms with E-state index in [1.807, 2.05) is 0 Å². The molecule has 0 amide bonds. The quantitative estimate of drug-likeness (QED) is 0.389. The summed E-state index contributed by atoms with van der Waals surface area (Å²) >= 11 is 0. The number of nitrogens with zero attached hydrogens (tertiary/aromatic N) is 3. The molecule has 3 rings (SSSR count). The van der Waals surface area contributed by atoms with Gasteiger partial charge in [0.25, 0.3) is 5.69 Å². The molecule has 0 spiro atoms. The van der Waals surface area contributed by atoms with E-state index < -0.39 is 0 Å². The summed E-state index contributed by atoms with van der Waals surface area (Å²) in [4.78, 5) is 0.329. The minimum atomic E-state index is 0.176. The van der Waals surface area contributed by atoms with Gasteiger partial charge in [-0.05, 0) is 40.8 Å². The molecule has 9 nitrogen and oxygen atoms in total. The number of phenols is 1. The maximum absolute atomic E-state index is 11.6. The van der Waals surface area contributed by atoms with E-state index in [0.717, 1.165) is 5.56 Å². The van der Waals surface area contributed by atoms with Crippen LogP contribution in [0.3, 0.4) is 0 Å². The SMILES string of the molecule is COc1cc(N/N=C/c2ccc(O)cc2)c(-c2no[n+]([O-])c2C)cc1OC. The van der Waals surface area contributed by atoms with Crippen LogP contribution in [0.2, 0.25) is 0 Å². The Balaban J connectivity index is 1.99. The smallest absolute Gasteiger partial charge is 0.253 e. The van der Waals surface area contributed by atoms with Crippen LogP contribution >= 0.6 is 0 Å². The second-order valence-electron chi connectivity index (χ2n) is 5.58. The van der Waals surface area contributed by atoms with Gasteiger partial charge in [-0.2, -0.15) is 5.10 Å². The van der Waals surface area contributed by atoms with Crippen LogP contribution in [0.1, 0.15) is 11.3 Å². The molecule has 2 N–H and O–H groups in total. The van der Waals surface area contributed by atoms with E-state index in [-0.39, 0.29) is 5.75 Å². The van der Waals surface area contributed by atoms with Crippen LogP contribution in [0.15, 0.2) is 46.1 Å². The number of nitrogens with one attached hydrogen (secondary N) is 1. The number of hydrazone groups is 1. The Bertz CT molecular complexity index is 967. The van der Waals surface area contributed by atoms with Crippen molar-refractivity contribution in [3.05, 3.63) is 52.9 Å². The average molecular weight is 370 g/mol. The van der Waals surface area contributed by atoms with Crippen LogP contribution in [0.5, 0.6) is 17.2 Å². The highest BCUT2D eigenvalue weighted by atomic mass is 16.8. The molecule has 0 saturated heterocycles. The second kappa shape index (κ2) is 7.65. The Morgan fingerprint density at radius 1 is 1.19 bits per heavy atom. The maximum Gasteiger partial charge on any atom is 0.253 e. The first-order chi connectivity index (χ1) is 13.0. The monoisotopic (exact) mass is 370 g/mol. The van der Waals surface area contributed by atoms with Gasteiger partial charge in [-0.1, -0.05) is 0 Å². The maximum atomic E-state index is 11.6. The van der Waals surface area contributed by atoms with Gasteiger partial charge in [0.05, 0.1) is 31.7 Å². The fourth-order valence-corrected chi connectivity index (χ4v) is 2.44. The molecule has 9 heteroatoms. The standard InChI is InChI=1S/C18H18N4O5/c1-11-18(21-27-22(11)24)14-8-16(25-2)17(26-3)9-15(14)20-19-10-12-4-6-13(23)7-5-12/h4-10,20,23H,1-3H3/b19-10+. The van der Waals surface area contributed by atoms with Gasteiger partial charge in [-0.3, -0.25) is 10.1 Å². The first-order valence-electron chi connectivity index (χ1n) is 7.94. The van der Waals surface area contributed by atoms with Crippen molar-refractivity contribution in [3.8, 4) is 28.5 Å². The Hall–Kier alpha value is -3.75. The summed E-state index contributed by atoms with van der Waals surface area (Å²) in [5.74, 6) is 1.13. The predicted molar refractivity (Wildman–Crippen MR) is 98.1 cm³/mol. The third-order valence-corrected chi connectivity index (χ3v) is 3.89. The number of methoxy groups -OCH3 is 2. The first-order valence-corrected chi connectivity index (χ1v) is 7.94. The number of hydrogen-bond donors (Lipinski definition) is 2. The molecular formula is C18H18N4O5. The third-order valence-electron chi connectivity index (χ3n) is 3.89. The van der Waals surface area contributed by atoms with Gasteiger partial charge in [0.2, 0.25) is 5.69 Å². The molecule has 0 fully saturated rings. The van der Waals surface area contributed by atoms with Gasteiger partial charge < -0.3 is 19.8 Å². The Morgan fingerprint density at radius 3 is 2.44 bits per heavy atom. The van der Waals surface area contributed by atoms with Gasteiger partial charge in [-0.25, -0.2) is 0 Å². The molecule has 0 aliphatic rings. The molecule has 27 heavy (non-hydrogen) atoms. The van der Waals surface area contributed by atoms with Crippen molar-refractivity contribution >= 4 is 11.9 Å². The number of benzene rings is 2. The lowest BCUT2D eigenvalue weighted by Gasteiger charge is -2.12. The van der Waals surface area contributed by atoms with Crippen molar-refractivity contribution in [1.82, 2.24) is 5.16 Å². The van der Waals surface area contributed by atoms with Crippen LogP contribution in [-0.2, 0) is 0 Å². The van der Waals surface area contributed by atoms with Crippen LogP contribution < -0.4 is 19.8 Å². The van der Waals surface area contributed by atoms with Gasteiger partial charge in [0, 0.05) is 18.1 Å². The fraction of sp³-hybridized carbons (Fsp3) is 0.167. The molecule has 0 bridgehead atoms. The summed E-state index contributed by atoms with van der Waals surface area (Å²) in [5.41, 5.74) is 5.46. The van der Waals surface area contributed by atoms with E-state index >= 15 is 0 Å². The summed E-state index contributed by atoms with van der Waals surface area (Å²) in [6.07, 6.45) is 1.59. The molecule has 140 valence electrons. The summed E-state index contributed by atoms with van der Waals surface area (Å²) < 4.78 is 15.3. The number of aromatic hydroxyl groups is 1. The zero-order valence-corrected chi connectivity index (χ0v) is 15.0. The number of hydrogen-bond acceptors (Lipinski definition) is 8.